The lowest BCUT2D eigenvalue weighted by molar-refractivity contribution is -0.137. The largest absolute Gasteiger partial charge is 0.416 e. The minimum atomic E-state index is -4.40. The van der Waals surface area contributed by atoms with Crippen molar-refractivity contribution >= 4 is 28.7 Å². The van der Waals surface area contributed by atoms with Crippen molar-refractivity contribution in [3.63, 3.8) is 0 Å². The molecule has 0 saturated carbocycles. The lowest BCUT2D eigenvalue weighted by Gasteiger charge is -2.13. The van der Waals surface area contributed by atoms with E-state index in [1.165, 1.54) is 12.1 Å². The van der Waals surface area contributed by atoms with Crippen molar-refractivity contribution in [1.29, 1.82) is 0 Å². The van der Waals surface area contributed by atoms with Crippen LogP contribution in [0, 0.1) is 0 Å². The van der Waals surface area contributed by atoms with Crippen molar-refractivity contribution in [2.45, 2.75) is 12.7 Å². The van der Waals surface area contributed by atoms with Crippen LogP contribution in [-0.4, -0.2) is 14.9 Å². The van der Waals surface area contributed by atoms with Crippen LogP contribution in [-0.2, 0) is 12.7 Å². The average Bonchev–Trinajstić information content (AvgIpc) is 3.07. The van der Waals surface area contributed by atoms with E-state index in [9.17, 15) is 13.2 Å². The second-order valence-corrected chi connectivity index (χ2v) is 5.97. The van der Waals surface area contributed by atoms with Gasteiger partial charge in [0.15, 0.2) is 5.11 Å². The lowest BCUT2D eigenvalue weighted by Crippen LogP contribution is -2.19. The number of aromatic nitrogens is 2. The molecule has 4 nitrogen and oxygen atoms in total. The van der Waals surface area contributed by atoms with Crippen molar-refractivity contribution in [3.05, 3.63) is 78.1 Å². The summed E-state index contributed by atoms with van der Waals surface area (Å²) in [6, 6.07) is 14.3. The van der Waals surface area contributed by atoms with Crippen LogP contribution in [0.15, 0.2) is 67.0 Å². The van der Waals surface area contributed by atoms with Gasteiger partial charge in [-0.15, -0.1) is 0 Å². The topological polar surface area (TPSA) is 41.9 Å². The Morgan fingerprint density at radius 1 is 1.00 bits per heavy atom. The zero-order valence-electron chi connectivity index (χ0n) is 13.5. The highest BCUT2D eigenvalue weighted by Gasteiger charge is 2.30. The highest BCUT2D eigenvalue weighted by atomic mass is 32.1. The lowest BCUT2D eigenvalue weighted by atomic mass is 10.2. The van der Waals surface area contributed by atoms with E-state index in [-0.39, 0.29) is 10.8 Å². The molecular formula is C18H15F3N4S. The van der Waals surface area contributed by atoms with Gasteiger partial charge in [-0.05, 0) is 54.2 Å². The van der Waals surface area contributed by atoms with Crippen LogP contribution in [0.3, 0.4) is 0 Å². The summed E-state index contributed by atoms with van der Waals surface area (Å²) in [5, 5.41) is 10.1. The van der Waals surface area contributed by atoms with Crippen LogP contribution in [0.1, 0.15) is 11.1 Å². The molecule has 26 heavy (non-hydrogen) atoms. The summed E-state index contributed by atoms with van der Waals surface area (Å²) in [6.07, 6.45) is -0.830. The highest BCUT2D eigenvalue weighted by Crippen LogP contribution is 2.30. The Labute approximate surface area is 153 Å². The minimum Gasteiger partial charge on any atom is -0.332 e. The fourth-order valence-corrected chi connectivity index (χ4v) is 2.63. The van der Waals surface area contributed by atoms with Crippen LogP contribution in [0.2, 0.25) is 0 Å². The summed E-state index contributed by atoms with van der Waals surface area (Å²) in [4.78, 5) is 0. The van der Waals surface area contributed by atoms with E-state index in [1.54, 1.807) is 10.9 Å². The third-order valence-electron chi connectivity index (χ3n) is 3.54. The maximum Gasteiger partial charge on any atom is 0.416 e. The number of nitrogens with zero attached hydrogens (tertiary/aromatic N) is 2. The van der Waals surface area contributed by atoms with E-state index >= 15 is 0 Å². The molecule has 3 rings (SSSR count). The Hall–Kier alpha value is -2.87. The third kappa shape index (κ3) is 4.82. The number of hydrogen-bond acceptors (Lipinski definition) is 2. The molecule has 0 spiro atoms. The molecule has 0 bridgehead atoms. The predicted octanol–water partition coefficient (Wildman–Crippen LogP) is 4.76. The monoisotopic (exact) mass is 376 g/mol. The Morgan fingerprint density at radius 2 is 1.69 bits per heavy atom. The van der Waals surface area contributed by atoms with Crippen LogP contribution in [0.4, 0.5) is 24.5 Å². The summed E-state index contributed by atoms with van der Waals surface area (Å²) in [5.41, 5.74) is 1.29. The molecule has 0 aliphatic carbocycles. The molecule has 0 unspecified atom stereocenters. The first-order valence-electron chi connectivity index (χ1n) is 7.72. The predicted molar refractivity (Wildman–Crippen MR) is 99.1 cm³/mol. The molecule has 1 aromatic heterocycles. The number of benzene rings is 2. The Bertz CT molecular complexity index is 891. The first-order valence-corrected chi connectivity index (χ1v) is 8.12. The van der Waals surface area contributed by atoms with E-state index in [1.807, 2.05) is 36.5 Å². The van der Waals surface area contributed by atoms with Gasteiger partial charge >= 0.3 is 6.18 Å². The van der Waals surface area contributed by atoms with Gasteiger partial charge in [0, 0.05) is 23.8 Å². The molecular weight excluding hydrogens is 361 g/mol. The summed E-state index contributed by atoms with van der Waals surface area (Å²) >= 11 is 5.19. The number of alkyl halides is 3. The number of rotatable bonds is 4. The Balaban J connectivity index is 1.65. The number of thiocarbonyl (C=S) groups is 1. The molecule has 3 aromatic rings. The van der Waals surface area contributed by atoms with Crippen LogP contribution < -0.4 is 10.6 Å². The first kappa shape index (κ1) is 17.9. The van der Waals surface area contributed by atoms with Crippen LogP contribution >= 0.6 is 12.2 Å². The Kier molecular flexibility index (Phi) is 5.22. The van der Waals surface area contributed by atoms with Crippen molar-refractivity contribution < 1.29 is 13.2 Å². The fourth-order valence-electron chi connectivity index (χ4n) is 2.40. The Morgan fingerprint density at radius 3 is 2.35 bits per heavy atom. The molecule has 0 aliphatic rings. The van der Waals surface area contributed by atoms with Gasteiger partial charge in [-0.1, -0.05) is 18.2 Å². The SMILES string of the molecule is FC(F)(F)c1cccc(NC(=S)Nc2cccc(Cn3cccn3)c2)c1. The fraction of sp³-hybridized carbons (Fsp3) is 0.111. The molecule has 0 amide bonds. The number of hydrogen-bond donors (Lipinski definition) is 2. The zero-order valence-corrected chi connectivity index (χ0v) is 14.3. The molecule has 0 fully saturated rings. The minimum absolute atomic E-state index is 0.209. The van der Waals surface area contributed by atoms with Crippen molar-refractivity contribution in [3.8, 4) is 0 Å². The van der Waals surface area contributed by atoms with Gasteiger partial charge < -0.3 is 10.6 Å². The van der Waals surface area contributed by atoms with E-state index in [0.29, 0.717) is 6.54 Å². The smallest absolute Gasteiger partial charge is 0.332 e. The summed E-state index contributed by atoms with van der Waals surface area (Å²) in [7, 11) is 0. The quantitative estimate of drug-likeness (QED) is 0.645. The average molecular weight is 376 g/mol. The van der Waals surface area contributed by atoms with Crippen LogP contribution in [0.5, 0.6) is 0 Å². The van der Waals surface area contributed by atoms with Crippen LogP contribution in [0.25, 0.3) is 0 Å². The summed E-state index contributed by atoms with van der Waals surface area (Å²) < 4.78 is 40.1. The highest BCUT2D eigenvalue weighted by molar-refractivity contribution is 7.80. The maximum absolute atomic E-state index is 12.8. The summed E-state index contributed by atoms with van der Waals surface area (Å²) in [5.74, 6) is 0. The van der Waals surface area contributed by atoms with E-state index in [2.05, 4.69) is 15.7 Å². The van der Waals surface area contributed by atoms with Gasteiger partial charge in [0.25, 0.3) is 0 Å². The molecule has 2 N–H and O–H groups in total. The number of nitrogens with one attached hydrogen (secondary N) is 2. The number of anilines is 2. The molecule has 0 aliphatic heterocycles. The molecule has 1 heterocycles. The van der Waals surface area contributed by atoms with E-state index in [0.717, 1.165) is 23.4 Å². The van der Waals surface area contributed by atoms with Crippen molar-refractivity contribution in [2.24, 2.45) is 0 Å². The van der Waals surface area contributed by atoms with E-state index in [4.69, 9.17) is 12.2 Å². The van der Waals surface area contributed by atoms with Gasteiger partial charge in [-0.2, -0.15) is 18.3 Å². The molecule has 2 aromatic carbocycles. The molecule has 0 radical (unpaired) electrons. The first-order chi connectivity index (χ1) is 12.4. The second-order valence-electron chi connectivity index (χ2n) is 5.56. The standard InChI is InChI=1S/C18H15F3N4S/c19-18(20,21)14-5-2-7-16(11-14)24-17(26)23-15-6-1-4-13(10-15)12-25-9-3-8-22-25/h1-11H,12H2,(H2,23,24,26). The summed E-state index contributed by atoms with van der Waals surface area (Å²) in [6.45, 7) is 0.607. The maximum atomic E-state index is 12.8. The zero-order chi connectivity index (χ0) is 18.6. The van der Waals surface area contributed by atoms with Crippen molar-refractivity contribution in [1.82, 2.24) is 9.78 Å². The molecule has 0 atom stereocenters. The molecule has 8 heteroatoms. The van der Waals surface area contributed by atoms with Gasteiger partial charge in [-0.3, -0.25) is 4.68 Å². The molecule has 134 valence electrons. The molecule has 0 saturated heterocycles. The number of halogens is 3. The van der Waals surface area contributed by atoms with Gasteiger partial charge in [0.1, 0.15) is 0 Å². The van der Waals surface area contributed by atoms with Gasteiger partial charge in [0.05, 0.1) is 12.1 Å². The van der Waals surface area contributed by atoms with Gasteiger partial charge in [0.2, 0.25) is 0 Å². The van der Waals surface area contributed by atoms with Crippen molar-refractivity contribution in [2.75, 3.05) is 10.6 Å². The van der Waals surface area contributed by atoms with E-state index < -0.39 is 11.7 Å². The van der Waals surface area contributed by atoms with Gasteiger partial charge in [-0.25, -0.2) is 0 Å². The third-order valence-corrected chi connectivity index (χ3v) is 3.74. The second kappa shape index (κ2) is 7.57. The normalized spacial score (nSPS) is 11.2.